The van der Waals surface area contributed by atoms with Gasteiger partial charge < -0.3 is 14.8 Å². The van der Waals surface area contributed by atoms with Crippen LogP contribution in [-0.4, -0.2) is 29.9 Å². The van der Waals surface area contributed by atoms with Gasteiger partial charge in [0.1, 0.15) is 5.97 Å². The number of aliphatic carboxylic acids is 1. The molecule has 0 unspecified atom stereocenters. The minimum absolute atomic E-state index is 0.562. The molecule has 4 heteroatoms. The topological polar surface area (TPSA) is 60.4 Å². The van der Waals surface area contributed by atoms with Gasteiger partial charge in [0.05, 0.1) is 0 Å². The number of piperidine rings is 1. The van der Waals surface area contributed by atoms with Crippen LogP contribution in [0.1, 0.15) is 19.3 Å². The van der Waals surface area contributed by atoms with E-state index in [0.717, 1.165) is 19.3 Å². The maximum Gasteiger partial charge on any atom is 0.269 e. The number of amides is 1. The van der Waals surface area contributed by atoms with Crippen molar-refractivity contribution < 1.29 is 14.7 Å². The molecule has 0 spiro atoms. The lowest BCUT2D eigenvalue weighted by Crippen LogP contribution is -2.46. The van der Waals surface area contributed by atoms with Crippen LogP contribution in [0.5, 0.6) is 0 Å². The SMILES string of the molecule is O=C([O-])C(=O)N1CCCCC1. The van der Waals surface area contributed by atoms with E-state index in [1.807, 2.05) is 0 Å². The average molecular weight is 156 g/mol. The molecule has 11 heavy (non-hydrogen) atoms. The van der Waals surface area contributed by atoms with Gasteiger partial charge in [-0.15, -0.1) is 0 Å². The molecule has 0 bridgehead atoms. The Balaban J connectivity index is 2.45. The second-order valence-corrected chi connectivity index (χ2v) is 2.64. The molecular formula is C7H10NO3-. The van der Waals surface area contributed by atoms with Crippen molar-refractivity contribution in [1.29, 1.82) is 0 Å². The Morgan fingerprint density at radius 2 is 1.64 bits per heavy atom. The standard InChI is InChI=1S/C7H11NO3/c9-6(7(10)11)8-4-2-1-3-5-8/h1-5H2,(H,10,11)/p-1. The van der Waals surface area contributed by atoms with Crippen molar-refractivity contribution in [2.24, 2.45) is 0 Å². The Hall–Kier alpha value is -1.06. The molecule has 4 nitrogen and oxygen atoms in total. The van der Waals surface area contributed by atoms with Gasteiger partial charge >= 0.3 is 0 Å². The Morgan fingerprint density at radius 1 is 1.09 bits per heavy atom. The van der Waals surface area contributed by atoms with Crippen LogP contribution in [0.25, 0.3) is 0 Å². The molecule has 1 heterocycles. The molecule has 0 aliphatic carbocycles. The quantitative estimate of drug-likeness (QED) is 0.412. The Bertz CT molecular complexity index is 173. The van der Waals surface area contributed by atoms with Crippen LogP contribution < -0.4 is 5.11 Å². The number of hydrogen-bond acceptors (Lipinski definition) is 3. The number of hydrogen-bond donors (Lipinski definition) is 0. The molecule has 0 atom stereocenters. The molecule has 1 aliphatic rings. The van der Waals surface area contributed by atoms with E-state index in [2.05, 4.69) is 0 Å². The smallest absolute Gasteiger partial charge is 0.269 e. The zero-order chi connectivity index (χ0) is 8.27. The minimum Gasteiger partial charge on any atom is -0.540 e. The van der Waals surface area contributed by atoms with E-state index in [-0.39, 0.29) is 0 Å². The number of carboxylic acids is 1. The maximum atomic E-state index is 10.8. The highest BCUT2D eigenvalue weighted by atomic mass is 16.4. The molecule has 0 saturated carbocycles. The van der Waals surface area contributed by atoms with Gasteiger partial charge in [-0.1, -0.05) is 0 Å². The largest absolute Gasteiger partial charge is 0.540 e. The monoisotopic (exact) mass is 156 g/mol. The van der Waals surface area contributed by atoms with Crippen LogP contribution in [0, 0.1) is 0 Å². The second kappa shape index (κ2) is 3.37. The fraction of sp³-hybridized carbons (Fsp3) is 0.714. The van der Waals surface area contributed by atoms with Gasteiger partial charge in [0.25, 0.3) is 5.91 Å². The van der Waals surface area contributed by atoms with Gasteiger partial charge in [-0.2, -0.15) is 0 Å². The lowest BCUT2D eigenvalue weighted by atomic mass is 10.1. The molecule has 0 N–H and O–H groups in total. The third-order valence-electron chi connectivity index (χ3n) is 1.82. The predicted molar refractivity (Wildman–Crippen MR) is 35.4 cm³/mol. The van der Waals surface area contributed by atoms with Gasteiger partial charge in [-0.3, -0.25) is 4.79 Å². The van der Waals surface area contributed by atoms with E-state index in [1.165, 1.54) is 4.90 Å². The highest BCUT2D eigenvalue weighted by Gasteiger charge is 2.16. The number of carbonyl (C=O) groups excluding carboxylic acids is 2. The molecule has 0 aromatic carbocycles. The first kappa shape index (κ1) is 8.04. The third kappa shape index (κ3) is 1.93. The molecule has 1 aliphatic heterocycles. The molecule has 1 rings (SSSR count). The summed E-state index contributed by atoms with van der Waals surface area (Å²) in [6, 6.07) is 0. The van der Waals surface area contributed by atoms with Crippen LogP contribution in [0.2, 0.25) is 0 Å². The van der Waals surface area contributed by atoms with Crippen molar-refractivity contribution in [3.8, 4) is 0 Å². The zero-order valence-electron chi connectivity index (χ0n) is 6.21. The van der Waals surface area contributed by atoms with Crippen molar-refractivity contribution in [2.75, 3.05) is 13.1 Å². The van der Waals surface area contributed by atoms with E-state index >= 15 is 0 Å². The summed E-state index contributed by atoms with van der Waals surface area (Å²) in [5, 5.41) is 10.1. The molecule has 1 fully saturated rings. The number of likely N-dealkylation sites (tertiary alicyclic amines) is 1. The maximum absolute atomic E-state index is 10.8. The van der Waals surface area contributed by atoms with Crippen molar-refractivity contribution >= 4 is 11.9 Å². The van der Waals surface area contributed by atoms with Crippen LogP contribution in [0.15, 0.2) is 0 Å². The molecule has 0 radical (unpaired) electrons. The lowest BCUT2D eigenvalue weighted by Gasteiger charge is -2.26. The summed E-state index contributed by atoms with van der Waals surface area (Å²) in [4.78, 5) is 22.2. The van der Waals surface area contributed by atoms with E-state index in [0.29, 0.717) is 13.1 Å². The summed E-state index contributed by atoms with van der Waals surface area (Å²) < 4.78 is 0. The van der Waals surface area contributed by atoms with Crippen molar-refractivity contribution in [3.05, 3.63) is 0 Å². The first-order chi connectivity index (χ1) is 5.22. The first-order valence-electron chi connectivity index (χ1n) is 3.72. The number of rotatable bonds is 0. The van der Waals surface area contributed by atoms with Gasteiger partial charge in [-0.05, 0) is 19.3 Å². The number of carbonyl (C=O) groups is 2. The van der Waals surface area contributed by atoms with E-state index in [4.69, 9.17) is 0 Å². The molecular weight excluding hydrogens is 146 g/mol. The molecule has 0 aromatic rings. The van der Waals surface area contributed by atoms with Gasteiger partial charge in [-0.25, -0.2) is 0 Å². The van der Waals surface area contributed by atoms with E-state index in [1.54, 1.807) is 0 Å². The van der Waals surface area contributed by atoms with Crippen molar-refractivity contribution in [2.45, 2.75) is 19.3 Å². The van der Waals surface area contributed by atoms with Crippen LogP contribution >= 0.6 is 0 Å². The Kier molecular flexibility index (Phi) is 2.46. The number of carboxylic acid groups (broad SMARTS) is 1. The molecule has 0 aromatic heterocycles. The van der Waals surface area contributed by atoms with Gasteiger partial charge in [0.15, 0.2) is 0 Å². The summed E-state index contributed by atoms with van der Waals surface area (Å²) in [7, 11) is 0. The van der Waals surface area contributed by atoms with E-state index in [9.17, 15) is 14.7 Å². The fourth-order valence-electron chi connectivity index (χ4n) is 1.23. The highest BCUT2D eigenvalue weighted by molar-refractivity contribution is 6.30. The molecule has 1 amide bonds. The number of nitrogens with zero attached hydrogens (tertiary/aromatic N) is 1. The Morgan fingerprint density at radius 3 is 2.09 bits per heavy atom. The van der Waals surface area contributed by atoms with Crippen LogP contribution in [0.4, 0.5) is 0 Å². The van der Waals surface area contributed by atoms with E-state index < -0.39 is 11.9 Å². The van der Waals surface area contributed by atoms with Crippen molar-refractivity contribution in [1.82, 2.24) is 4.90 Å². The summed E-state index contributed by atoms with van der Waals surface area (Å²) >= 11 is 0. The van der Waals surface area contributed by atoms with Crippen molar-refractivity contribution in [3.63, 3.8) is 0 Å². The van der Waals surface area contributed by atoms with Crippen LogP contribution in [-0.2, 0) is 9.59 Å². The van der Waals surface area contributed by atoms with Gasteiger partial charge in [0, 0.05) is 13.1 Å². The summed E-state index contributed by atoms with van der Waals surface area (Å²) in [5.74, 6) is -2.46. The van der Waals surface area contributed by atoms with Crippen LogP contribution in [0.3, 0.4) is 0 Å². The second-order valence-electron chi connectivity index (χ2n) is 2.64. The predicted octanol–water partition coefficient (Wildman–Crippen LogP) is -1.25. The minimum atomic E-state index is -1.59. The normalized spacial score (nSPS) is 18.0. The average Bonchev–Trinajstić information content (AvgIpc) is 2.05. The third-order valence-corrected chi connectivity index (χ3v) is 1.82. The summed E-state index contributed by atoms with van der Waals surface area (Å²) in [6.07, 6.45) is 2.88. The summed E-state index contributed by atoms with van der Waals surface area (Å²) in [5.41, 5.74) is 0. The first-order valence-corrected chi connectivity index (χ1v) is 3.72. The van der Waals surface area contributed by atoms with Gasteiger partial charge in [0.2, 0.25) is 0 Å². The summed E-state index contributed by atoms with van der Waals surface area (Å²) in [6.45, 7) is 1.12. The fourth-order valence-corrected chi connectivity index (χ4v) is 1.23. The highest BCUT2D eigenvalue weighted by Crippen LogP contribution is 2.07. The zero-order valence-corrected chi connectivity index (χ0v) is 6.21. The molecule has 62 valence electrons. The Labute approximate surface area is 64.8 Å². The lowest BCUT2D eigenvalue weighted by molar-refractivity contribution is -0.301. The molecule has 1 saturated heterocycles.